The number of carbonyl (C=O) groups is 1. The molecule has 0 amide bonds. The summed E-state index contributed by atoms with van der Waals surface area (Å²) in [6.07, 6.45) is 3.08. The molecular formula is C21H16N4O4. The molecule has 0 saturated heterocycles. The zero-order chi connectivity index (χ0) is 20.4. The van der Waals surface area contributed by atoms with Crippen molar-refractivity contribution in [1.29, 1.82) is 0 Å². The van der Waals surface area contributed by atoms with Gasteiger partial charge in [-0.25, -0.2) is 19.1 Å². The van der Waals surface area contributed by atoms with Crippen LogP contribution in [0.2, 0.25) is 0 Å². The van der Waals surface area contributed by atoms with Crippen LogP contribution in [0.3, 0.4) is 0 Å². The highest BCUT2D eigenvalue weighted by Crippen LogP contribution is 2.17. The van der Waals surface area contributed by atoms with Crippen LogP contribution in [0.15, 0.2) is 76.6 Å². The van der Waals surface area contributed by atoms with Gasteiger partial charge in [-0.1, -0.05) is 18.2 Å². The third-order valence-electron chi connectivity index (χ3n) is 4.49. The average Bonchev–Trinajstić information content (AvgIpc) is 2.77. The molecule has 0 saturated carbocycles. The van der Waals surface area contributed by atoms with Gasteiger partial charge in [-0.3, -0.25) is 14.3 Å². The fourth-order valence-corrected chi connectivity index (χ4v) is 3.15. The zero-order valence-corrected chi connectivity index (χ0v) is 15.5. The number of pyridine rings is 2. The van der Waals surface area contributed by atoms with Crippen molar-refractivity contribution in [3.8, 4) is 5.69 Å². The van der Waals surface area contributed by atoms with Gasteiger partial charge >= 0.3 is 11.7 Å². The van der Waals surface area contributed by atoms with Crippen molar-refractivity contribution in [3.05, 3.63) is 99.1 Å². The lowest BCUT2D eigenvalue weighted by Crippen LogP contribution is -2.40. The first-order valence-corrected chi connectivity index (χ1v) is 8.80. The second kappa shape index (κ2) is 7.51. The van der Waals surface area contributed by atoms with Crippen molar-refractivity contribution in [1.82, 2.24) is 19.1 Å². The number of rotatable bonds is 4. The van der Waals surface area contributed by atoms with E-state index in [1.165, 1.54) is 17.9 Å². The molecule has 1 aromatic carbocycles. The molecule has 0 bridgehead atoms. The highest BCUT2D eigenvalue weighted by atomic mass is 16.5. The predicted molar refractivity (Wildman–Crippen MR) is 106 cm³/mol. The molecule has 29 heavy (non-hydrogen) atoms. The molecule has 0 aliphatic carbocycles. The van der Waals surface area contributed by atoms with Gasteiger partial charge in [-0.05, 0) is 36.4 Å². The highest BCUT2D eigenvalue weighted by molar-refractivity contribution is 5.94. The lowest BCUT2D eigenvalue weighted by molar-refractivity contribution is 0.0600. The Labute approximate surface area is 164 Å². The summed E-state index contributed by atoms with van der Waals surface area (Å²) in [5.41, 5.74) is 0.0903. The van der Waals surface area contributed by atoms with Gasteiger partial charge in [-0.2, -0.15) is 0 Å². The maximum atomic E-state index is 13.4. The molecular weight excluding hydrogens is 372 g/mol. The lowest BCUT2D eigenvalue weighted by atomic mass is 10.1. The molecule has 144 valence electrons. The molecule has 0 atom stereocenters. The molecule has 0 fully saturated rings. The largest absolute Gasteiger partial charge is 0.465 e. The molecule has 0 aliphatic heterocycles. The Hall–Kier alpha value is -4.07. The van der Waals surface area contributed by atoms with E-state index >= 15 is 0 Å². The van der Waals surface area contributed by atoms with E-state index in [2.05, 4.69) is 9.97 Å². The van der Waals surface area contributed by atoms with Crippen molar-refractivity contribution in [2.45, 2.75) is 6.54 Å². The average molecular weight is 388 g/mol. The normalized spacial score (nSPS) is 10.8. The Kier molecular flexibility index (Phi) is 4.74. The van der Waals surface area contributed by atoms with Gasteiger partial charge in [0.2, 0.25) is 0 Å². The lowest BCUT2D eigenvalue weighted by Gasteiger charge is -2.15. The molecule has 0 aliphatic rings. The Morgan fingerprint density at radius 3 is 2.48 bits per heavy atom. The number of nitrogens with zero attached hydrogens (tertiary/aromatic N) is 4. The smallest absolute Gasteiger partial charge is 0.339 e. The Morgan fingerprint density at radius 2 is 1.72 bits per heavy atom. The molecule has 0 spiro atoms. The minimum atomic E-state index is -0.622. The van der Waals surface area contributed by atoms with Gasteiger partial charge in [0.25, 0.3) is 5.56 Å². The van der Waals surface area contributed by atoms with Crippen molar-refractivity contribution in [2.75, 3.05) is 7.11 Å². The molecule has 3 aromatic heterocycles. The van der Waals surface area contributed by atoms with Crippen LogP contribution in [0.5, 0.6) is 0 Å². The van der Waals surface area contributed by atoms with Crippen LogP contribution in [-0.4, -0.2) is 32.2 Å². The summed E-state index contributed by atoms with van der Waals surface area (Å²) in [5.74, 6) is -0.598. The minimum Gasteiger partial charge on any atom is -0.465 e. The summed E-state index contributed by atoms with van der Waals surface area (Å²) >= 11 is 0. The van der Waals surface area contributed by atoms with Gasteiger partial charge in [0.15, 0.2) is 5.65 Å². The minimum absolute atomic E-state index is 0.0102. The van der Waals surface area contributed by atoms with E-state index < -0.39 is 17.2 Å². The summed E-state index contributed by atoms with van der Waals surface area (Å²) in [4.78, 5) is 47.1. The fraction of sp³-hybridized carbons (Fsp3) is 0.0952. The van der Waals surface area contributed by atoms with Crippen LogP contribution >= 0.6 is 0 Å². The van der Waals surface area contributed by atoms with Crippen molar-refractivity contribution >= 4 is 17.0 Å². The quantitative estimate of drug-likeness (QED) is 0.495. The number of benzene rings is 1. The molecule has 8 nitrogen and oxygen atoms in total. The standard InChI is InChI=1S/C21H16N4O4/c1-29-20(27)15-8-2-3-10-17(15)25-18-16(9-6-12-23-18)19(26)24(21(25)28)13-14-7-4-5-11-22-14/h2-12H,13H2,1H3. The van der Waals surface area contributed by atoms with Gasteiger partial charge in [0.05, 0.1) is 36.0 Å². The SMILES string of the molecule is COC(=O)c1ccccc1-n1c(=O)n(Cc2ccccn2)c(=O)c2cccnc21. The summed E-state index contributed by atoms with van der Waals surface area (Å²) in [7, 11) is 1.26. The first-order chi connectivity index (χ1) is 14.1. The molecule has 0 radical (unpaired) electrons. The number of aromatic nitrogens is 4. The third kappa shape index (κ3) is 3.20. The van der Waals surface area contributed by atoms with Crippen LogP contribution in [0.4, 0.5) is 0 Å². The molecule has 8 heteroatoms. The summed E-state index contributed by atoms with van der Waals surface area (Å²) < 4.78 is 7.19. The monoisotopic (exact) mass is 388 g/mol. The van der Waals surface area contributed by atoms with E-state index in [9.17, 15) is 14.4 Å². The highest BCUT2D eigenvalue weighted by Gasteiger charge is 2.20. The first kappa shape index (κ1) is 18.3. The summed E-state index contributed by atoms with van der Waals surface area (Å²) in [5, 5.41) is 0.253. The van der Waals surface area contributed by atoms with E-state index in [1.807, 2.05) is 0 Å². The van der Waals surface area contributed by atoms with Gasteiger partial charge in [0.1, 0.15) is 0 Å². The van der Waals surface area contributed by atoms with Gasteiger partial charge in [0, 0.05) is 12.4 Å². The van der Waals surface area contributed by atoms with Crippen LogP contribution in [0.25, 0.3) is 16.7 Å². The molecule has 0 unspecified atom stereocenters. The molecule has 4 rings (SSSR count). The van der Waals surface area contributed by atoms with Crippen molar-refractivity contribution in [3.63, 3.8) is 0 Å². The molecule has 3 heterocycles. The second-order valence-electron chi connectivity index (χ2n) is 6.21. The molecule has 0 N–H and O–H groups in total. The first-order valence-electron chi connectivity index (χ1n) is 8.80. The van der Waals surface area contributed by atoms with Gasteiger partial charge in [-0.15, -0.1) is 0 Å². The number of ether oxygens (including phenoxy) is 1. The number of methoxy groups -OCH3 is 1. The maximum absolute atomic E-state index is 13.4. The van der Waals surface area contributed by atoms with Crippen molar-refractivity contribution < 1.29 is 9.53 Å². The maximum Gasteiger partial charge on any atom is 0.339 e. The van der Waals surface area contributed by atoms with Crippen molar-refractivity contribution in [2.24, 2.45) is 0 Å². The van der Waals surface area contributed by atoms with E-state index in [1.54, 1.807) is 60.8 Å². The van der Waals surface area contributed by atoms with E-state index in [0.717, 1.165) is 4.57 Å². The predicted octanol–water partition coefficient (Wildman–Crippen LogP) is 1.78. The Morgan fingerprint density at radius 1 is 0.966 bits per heavy atom. The molecule has 4 aromatic rings. The Balaban J connectivity index is 2.07. The fourth-order valence-electron chi connectivity index (χ4n) is 3.15. The number of hydrogen-bond donors (Lipinski definition) is 0. The van der Waals surface area contributed by atoms with Gasteiger partial charge < -0.3 is 4.74 Å². The van der Waals surface area contributed by atoms with Crippen LogP contribution in [0, 0.1) is 0 Å². The number of carbonyl (C=O) groups excluding carboxylic acids is 1. The zero-order valence-electron chi connectivity index (χ0n) is 15.5. The number of para-hydroxylation sites is 1. The van der Waals surface area contributed by atoms with Crippen LogP contribution < -0.4 is 11.2 Å². The van der Waals surface area contributed by atoms with Crippen LogP contribution in [-0.2, 0) is 11.3 Å². The van der Waals surface area contributed by atoms with E-state index in [4.69, 9.17) is 4.74 Å². The third-order valence-corrected chi connectivity index (χ3v) is 4.49. The Bertz CT molecular complexity index is 1330. The number of fused-ring (bicyclic) bond motifs is 1. The topological polar surface area (TPSA) is 96.1 Å². The second-order valence-corrected chi connectivity index (χ2v) is 6.21. The van der Waals surface area contributed by atoms with E-state index in [0.29, 0.717) is 5.69 Å². The summed E-state index contributed by atoms with van der Waals surface area (Å²) in [6.45, 7) is -0.0102. The van der Waals surface area contributed by atoms with E-state index in [-0.39, 0.29) is 28.8 Å². The number of esters is 1. The summed E-state index contributed by atoms with van der Waals surface area (Å²) in [6, 6.07) is 15.0. The number of hydrogen-bond acceptors (Lipinski definition) is 6. The van der Waals surface area contributed by atoms with Crippen LogP contribution in [0.1, 0.15) is 16.1 Å².